The minimum absolute atomic E-state index is 0.00625. The van der Waals surface area contributed by atoms with Crippen LogP contribution < -0.4 is 10.6 Å². The number of amides is 1. The highest BCUT2D eigenvalue weighted by Gasteiger charge is 2.19. The zero-order chi connectivity index (χ0) is 15.0. The molecule has 21 heavy (non-hydrogen) atoms. The van der Waals surface area contributed by atoms with Crippen molar-refractivity contribution in [3.8, 4) is 0 Å². The molecule has 6 heteroatoms. The largest absolute Gasteiger partial charge is 0.380 e. The standard InChI is InChI=1S/C15H11BrCl2N2O/c16-10-1-2-11(17)9(3-10)7-19-14-4-8-5-15(21)20-13(8)6-12(14)18/h1-4,6,19H,5,7H2,(H,20,21). The molecule has 3 rings (SSSR count). The van der Waals surface area contributed by atoms with Crippen molar-refractivity contribution < 1.29 is 4.79 Å². The van der Waals surface area contributed by atoms with E-state index >= 15 is 0 Å². The summed E-state index contributed by atoms with van der Waals surface area (Å²) in [5.41, 5.74) is 3.50. The van der Waals surface area contributed by atoms with Crippen molar-refractivity contribution in [3.05, 3.63) is 56.0 Å². The molecule has 0 saturated carbocycles. The van der Waals surface area contributed by atoms with Crippen LogP contribution in [0.1, 0.15) is 11.1 Å². The lowest BCUT2D eigenvalue weighted by molar-refractivity contribution is -0.115. The van der Waals surface area contributed by atoms with Crippen LogP contribution in [0.5, 0.6) is 0 Å². The molecule has 0 unspecified atom stereocenters. The lowest BCUT2D eigenvalue weighted by Gasteiger charge is -2.12. The Morgan fingerprint density at radius 1 is 1.19 bits per heavy atom. The number of hydrogen-bond acceptors (Lipinski definition) is 2. The number of nitrogens with one attached hydrogen (secondary N) is 2. The SMILES string of the molecule is O=C1Cc2cc(NCc3cc(Br)ccc3Cl)c(Cl)cc2N1. The van der Waals surface area contributed by atoms with E-state index in [2.05, 4.69) is 26.6 Å². The summed E-state index contributed by atoms with van der Waals surface area (Å²) in [7, 11) is 0. The number of rotatable bonds is 3. The first-order valence-electron chi connectivity index (χ1n) is 6.33. The first-order chi connectivity index (χ1) is 10.0. The van der Waals surface area contributed by atoms with Crippen molar-refractivity contribution in [2.24, 2.45) is 0 Å². The second-order valence-corrected chi connectivity index (χ2v) is 6.53. The van der Waals surface area contributed by atoms with Crippen LogP contribution in [0.4, 0.5) is 11.4 Å². The van der Waals surface area contributed by atoms with Gasteiger partial charge in [0.15, 0.2) is 0 Å². The van der Waals surface area contributed by atoms with Gasteiger partial charge in [-0.1, -0.05) is 39.1 Å². The lowest BCUT2D eigenvalue weighted by Crippen LogP contribution is -2.03. The quantitative estimate of drug-likeness (QED) is 0.791. The maximum atomic E-state index is 11.4. The normalized spacial score (nSPS) is 13.0. The molecule has 1 amide bonds. The average Bonchev–Trinajstić information content (AvgIpc) is 2.78. The second kappa shape index (κ2) is 5.87. The molecule has 2 aromatic rings. The van der Waals surface area contributed by atoms with E-state index in [-0.39, 0.29) is 5.91 Å². The Morgan fingerprint density at radius 2 is 2.00 bits per heavy atom. The predicted octanol–water partition coefficient (Wildman–Crippen LogP) is 4.86. The Labute approximate surface area is 140 Å². The molecule has 0 atom stereocenters. The molecule has 1 aliphatic heterocycles. The molecule has 108 valence electrons. The number of anilines is 2. The van der Waals surface area contributed by atoms with E-state index in [0.29, 0.717) is 23.0 Å². The van der Waals surface area contributed by atoms with Crippen molar-refractivity contribution in [1.29, 1.82) is 0 Å². The summed E-state index contributed by atoms with van der Waals surface area (Å²) in [4.78, 5) is 11.4. The number of hydrogen-bond donors (Lipinski definition) is 2. The van der Waals surface area contributed by atoms with E-state index in [4.69, 9.17) is 23.2 Å². The molecule has 0 spiro atoms. The van der Waals surface area contributed by atoms with Crippen LogP contribution in [0.25, 0.3) is 0 Å². The molecule has 0 radical (unpaired) electrons. The summed E-state index contributed by atoms with van der Waals surface area (Å²) < 4.78 is 0.971. The van der Waals surface area contributed by atoms with E-state index in [1.807, 2.05) is 24.3 Å². The third-order valence-corrected chi connectivity index (χ3v) is 4.47. The molecule has 0 bridgehead atoms. The fourth-order valence-electron chi connectivity index (χ4n) is 2.25. The molecule has 2 N–H and O–H groups in total. The Morgan fingerprint density at radius 3 is 2.81 bits per heavy atom. The number of carbonyl (C=O) groups is 1. The van der Waals surface area contributed by atoms with Crippen LogP contribution >= 0.6 is 39.1 Å². The average molecular weight is 386 g/mol. The highest BCUT2D eigenvalue weighted by Crippen LogP contribution is 2.33. The Hall–Kier alpha value is -1.23. The van der Waals surface area contributed by atoms with Gasteiger partial charge in [0, 0.05) is 21.7 Å². The summed E-state index contributed by atoms with van der Waals surface area (Å²) in [6.45, 7) is 0.554. The molecule has 0 fully saturated rings. The molecular weight excluding hydrogens is 375 g/mol. The van der Waals surface area contributed by atoms with Gasteiger partial charge in [0.1, 0.15) is 0 Å². The van der Waals surface area contributed by atoms with Crippen LogP contribution in [-0.2, 0) is 17.8 Å². The fourth-order valence-corrected chi connectivity index (χ4v) is 3.08. The predicted molar refractivity (Wildman–Crippen MR) is 90.3 cm³/mol. The number of fused-ring (bicyclic) bond motifs is 1. The van der Waals surface area contributed by atoms with Crippen molar-refractivity contribution in [1.82, 2.24) is 0 Å². The topological polar surface area (TPSA) is 41.1 Å². The second-order valence-electron chi connectivity index (χ2n) is 4.80. The number of carbonyl (C=O) groups excluding carboxylic acids is 1. The third-order valence-electron chi connectivity index (χ3n) is 3.30. The van der Waals surface area contributed by atoms with Gasteiger partial charge in [0.25, 0.3) is 0 Å². The molecule has 0 aromatic heterocycles. The van der Waals surface area contributed by atoms with Crippen molar-refractivity contribution in [2.75, 3.05) is 10.6 Å². The van der Waals surface area contributed by atoms with Gasteiger partial charge >= 0.3 is 0 Å². The molecule has 0 aliphatic carbocycles. The van der Waals surface area contributed by atoms with Crippen LogP contribution in [0.3, 0.4) is 0 Å². The number of benzene rings is 2. The highest BCUT2D eigenvalue weighted by atomic mass is 79.9. The van der Waals surface area contributed by atoms with Gasteiger partial charge < -0.3 is 10.6 Å². The van der Waals surface area contributed by atoms with Gasteiger partial charge in [-0.05, 0) is 41.5 Å². The fraction of sp³-hybridized carbons (Fsp3) is 0.133. The summed E-state index contributed by atoms with van der Waals surface area (Å²) in [5, 5.41) is 7.31. The molecule has 2 aromatic carbocycles. The van der Waals surface area contributed by atoms with Gasteiger partial charge in [0.2, 0.25) is 5.91 Å². The maximum absolute atomic E-state index is 11.4. The summed E-state index contributed by atoms with van der Waals surface area (Å²) in [5.74, 6) is -0.00625. The van der Waals surface area contributed by atoms with E-state index in [9.17, 15) is 4.79 Å². The minimum Gasteiger partial charge on any atom is -0.380 e. The van der Waals surface area contributed by atoms with E-state index in [1.165, 1.54) is 0 Å². The smallest absolute Gasteiger partial charge is 0.228 e. The van der Waals surface area contributed by atoms with Gasteiger partial charge in [-0.15, -0.1) is 0 Å². The van der Waals surface area contributed by atoms with E-state index < -0.39 is 0 Å². The summed E-state index contributed by atoms with van der Waals surface area (Å²) in [6, 6.07) is 9.37. The first kappa shape index (κ1) is 14.7. The van der Waals surface area contributed by atoms with Crippen molar-refractivity contribution in [3.63, 3.8) is 0 Å². The Kier molecular flexibility index (Phi) is 4.11. The monoisotopic (exact) mass is 384 g/mol. The van der Waals surface area contributed by atoms with Gasteiger partial charge in [-0.3, -0.25) is 4.79 Å². The Balaban J connectivity index is 1.81. The molecule has 1 heterocycles. The van der Waals surface area contributed by atoms with Crippen LogP contribution in [-0.4, -0.2) is 5.91 Å². The van der Waals surface area contributed by atoms with Gasteiger partial charge in [-0.2, -0.15) is 0 Å². The Bertz CT molecular complexity index is 734. The maximum Gasteiger partial charge on any atom is 0.228 e. The number of halogens is 3. The van der Waals surface area contributed by atoms with Crippen molar-refractivity contribution in [2.45, 2.75) is 13.0 Å². The van der Waals surface area contributed by atoms with Gasteiger partial charge in [-0.25, -0.2) is 0 Å². The third kappa shape index (κ3) is 3.18. The van der Waals surface area contributed by atoms with Crippen LogP contribution in [0.2, 0.25) is 10.0 Å². The summed E-state index contributed by atoms with van der Waals surface area (Å²) >= 11 is 15.8. The zero-order valence-electron chi connectivity index (χ0n) is 10.8. The van der Waals surface area contributed by atoms with Crippen LogP contribution in [0, 0.1) is 0 Å². The highest BCUT2D eigenvalue weighted by molar-refractivity contribution is 9.10. The van der Waals surface area contributed by atoms with Gasteiger partial charge in [0.05, 0.1) is 17.1 Å². The molecular formula is C15H11BrCl2N2O. The zero-order valence-corrected chi connectivity index (χ0v) is 13.9. The van der Waals surface area contributed by atoms with E-state index in [0.717, 1.165) is 27.0 Å². The minimum atomic E-state index is -0.00625. The first-order valence-corrected chi connectivity index (χ1v) is 7.88. The lowest BCUT2D eigenvalue weighted by atomic mass is 10.1. The summed E-state index contributed by atoms with van der Waals surface area (Å²) in [6.07, 6.45) is 0.388. The van der Waals surface area contributed by atoms with Crippen LogP contribution in [0.15, 0.2) is 34.8 Å². The van der Waals surface area contributed by atoms with Crippen molar-refractivity contribution >= 4 is 56.4 Å². The van der Waals surface area contributed by atoms with E-state index in [1.54, 1.807) is 6.07 Å². The molecule has 3 nitrogen and oxygen atoms in total. The molecule has 1 aliphatic rings. The molecule has 0 saturated heterocycles.